The third kappa shape index (κ3) is 2.57. The van der Waals surface area contributed by atoms with E-state index in [1.54, 1.807) is 0 Å². The van der Waals surface area contributed by atoms with Gasteiger partial charge in [0.2, 0.25) is 5.82 Å². The van der Waals surface area contributed by atoms with E-state index in [9.17, 15) is 14.5 Å². The van der Waals surface area contributed by atoms with E-state index in [2.05, 4.69) is 5.32 Å². The van der Waals surface area contributed by atoms with E-state index in [-0.39, 0.29) is 18.2 Å². The van der Waals surface area contributed by atoms with Crippen LogP contribution in [-0.4, -0.2) is 11.5 Å². The lowest BCUT2D eigenvalue weighted by atomic mass is 10.1. The number of para-hydroxylation sites is 1. The third-order valence-corrected chi connectivity index (χ3v) is 3.49. The second-order valence-electron chi connectivity index (χ2n) is 4.79. The molecule has 0 amide bonds. The van der Waals surface area contributed by atoms with Crippen molar-refractivity contribution in [1.82, 2.24) is 5.32 Å². The van der Waals surface area contributed by atoms with Crippen molar-refractivity contribution in [2.45, 2.75) is 12.6 Å². The SMILES string of the molecule is O=[N+]([O-])c1cccc(CNC2COc3ccccc32)c1F. The quantitative estimate of drug-likeness (QED) is 0.694. The van der Waals surface area contributed by atoms with Crippen molar-refractivity contribution in [3.63, 3.8) is 0 Å². The summed E-state index contributed by atoms with van der Waals surface area (Å²) >= 11 is 0. The highest BCUT2D eigenvalue weighted by Crippen LogP contribution is 2.32. The summed E-state index contributed by atoms with van der Waals surface area (Å²) in [4.78, 5) is 10.0. The molecule has 0 aromatic heterocycles. The van der Waals surface area contributed by atoms with Gasteiger partial charge in [0.05, 0.1) is 11.0 Å². The van der Waals surface area contributed by atoms with E-state index in [4.69, 9.17) is 4.74 Å². The first-order valence-electron chi connectivity index (χ1n) is 6.53. The van der Waals surface area contributed by atoms with Crippen LogP contribution in [0.1, 0.15) is 17.2 Å². The molecule has 1 atom stereocenters. The Morgan fingerprint density at radius 2 is 2.10 bits per heavy atom. The molecule has 0 fully saturated rings. The molecule has 108 valence electrons. The maximum Gasteiger partial charge on any atom is 0.305 e. The zero-order valence-corrected chi connectivity index (χ0v) is 11.1. The summed E-state index contributed by atoms with van der Waals surface area (Å²) in [6.45, 7) is 0.672. The maximum absolute atomic E-state index is 14.0. The molecule has 3 rings (SSSR count). The summed E-state index contributed by atoms with van der Waals surface area (Å²) in [5.74, 6) is 0.0247. The van der Waals surface area contributed by atoms with E-state index in [1.165, 1.54) is 12.1 Å². The van der Waals surface area contributed by atoms with E-state index in [0.717, 1.165) is 17.4 Å². The summed E-state index contributed by atoms with van der Waals surface area (Å²) in [6, 6.07) is 11.8. The molecule has 0 bridgehead atoms. The van der Waals surface area contributed by atoms with Crippen molar-refractivity contribution in [1.29, 1.82) is 0 Å². The predicted molar refractivity (Wildman–Crippen MR) is 74.6 cm³/mol. The molecule has 1 N–H and O–H groups in total. The van der Waals surface area contributed by atoms with Crippen LogP contribution in [0.15, 0.2) is 42.5 Å². The first-order chi connectivity index (χ1) is 10.2. The van der Waals surface area contributed by atoms with Crippen LogP contribution in [-0.2, 0) is 6.54 Å². The van der Waals surface area contributed by atoms with Crippen LogP contribution in [0.4, 0.5) is 10.1 Å². The molecule has 0 aliphatic carbocycles. The smallest absolute Gasteiger partial charge is 0.305 e. The molecule has 0 saturated heterocycles. The summed E-state index contributed by atoms with van der Waals surface area (Å²) in [5.41, 5.74) is 0.786. The van der Waals surface area contributed by atoms with Crippen molar-refractivity contribution in [3.8, 4) is 5.75 Å². The molecule has 0 radical (unpaired) electrons. The van der Waals surface area contributed by atoms with Crippen molar-refractivity contribution in [2.24, 2.45) is 0 Å². The zero-order valence-electron chi connectivity index (χ0n) is 11.1. The molecule has 2 aromatic carbocycles. The molecule has 21 heavy (non-hydrogen) atoms. The summed E-state index contributed by atoms with van der Waals surface area (Å²) in [5, 5.41) is 13.9. The number of nitrogens with one attached hydrogen (secondary N) is 1. The number of hydrogen-bond donors (Lipinski definition) is 1. The average molecular weight is 288 g/mol. The monoisotopic (exact) mass is 288 g/mol. The first kappa shape index (κ1) is 13.5. The fourth-order valence-corrected chi connectivity index (χ4v) is 2.41. The lowest BCUT2D eigenvalue weighted by molar-refractivity contribution is -0.387. The first-order valence-corrected chi connectivity index (χ1v) is 6.53. The molecular formula is C15H13FN2O3. The molecule has 1 aliphatic rings. The number of nitro benzene ring substituents is 1. The highest BCUT2D eigenvalue weighted by atomic mass is 19.1. The van der Waals surface area contributed by atoms with Crippen LogP contribution in [0.3, 0.4) is 0 Å². The molecule has 6 heteroatoms. The Morgan fingerprint density at radius 1 is 1.29 bits per heavy atom. The largest absolute Gasteiger partial charge is 0.491 e. The van der Waals surface area contributed by atoms with Gasteiger partial charge in [0.1, 0.15) is 12.4 Å². The topological polar surface area (TPSA) is 64.4 Å². The number of ether oxygens (including phenoxy) is 1. The van der Waals surface area contributed by atoms with Gasteiger partial charge >= 0.3 is 5.69 Å². The van der Waals surface area contributed by atoms with E-state index >= 15 is 0 Å². The Balaban J connectivity index is 1.75. The zero-order chi connectivity index (χ0) is 14.8. The second kappa shape index (κ2) is 5.49. The van der Waals surface area contributed by atoms with Crippen LogP contribution in [0.2, 0.25) is 0 Å². The molecule has 1 unspecified atom stereocenters. The predicted octanol–water partition coefficient (Wildman–Crippen LogP) is 2.96. The fourth-order valence-electron chi connectivity index (χ4n) is 2.41. The lowest BCUT2D eigenvalue weighted by Crippen LogP contribution is -2.22. The van der Waals surface area contributed by atoms with Gasteiger partial charge in [-0.15, -0.1) is 0 Å². The highest BCUT2D eigenvalue weighted by molar-refractivity contribution is 5.40. The third-order valence-electron chi connectivity index (χ3n) is 3.49. The number of hydrogen-bond acceptors (Lipinski definition) is 4. The van der Waals surface area contributed by atoms with Crippen molar-refractivity contribution in [3.05, 3.63) is 69.5 Å². The number of fused-ring (bicyclic) bond motifs is 1. The molecule has 5 nitrogen and oxygen atoms in total. The summed E-state index contributed by atoms with van der Waals surface area (Å²) in [7, 11) is 0. The van der Waals surface area contributed by atoms with Gasteiger partial charge in [-0.2, -0.15) is 4.39 Å². The van der Waals surface area contributed by atoms with Gasteiger partial charge in [0.15, 0.2) is 0 Å². The number of nitro groups is 1. The van der Waals surface area contributed by atoms with Crippen LogP contribution >= 0.6 is 0 Å². The number of rotatable bonds is 4. The summed E-state index contributed by atoms with van der Waals surface area (Å²) < 4.78 is 19.5. The van der Waals surface area contributed by atoms with Crippen LogP contribution in [0.25, 0.3) is 0 Å². The van der Waals surface area contributed by atoms with Gasteiger partial charge in [-0.25, -0.2) is 0 Å². The van der Waals surface area contributed by atoms with E-state index in [0.29, 0.717) is 6.61 Å². The van der Waals surface area contributed by atoms with Crippen molar-refractivity contribution in [2.75, 3.05) is 6.61 Å². The van der Waals surface area contributed by atoms with Crippen molar-refractivity contribution < 1.29 is 14.1 Å². The Kier molecular flexibility index (Phi) is 3.53. The van der Waals surface area contributed by atoms with Gasteiger partial charge in [0.25, 0.3) is 0 Å². The average Bonchev–Trinajstić information content (AvgIpc) is 2.89. The Bertz CT molecular complexity index is 690. The van der Waals surface area contributed by atoms with E-state index in [1.807, 2.05) is 24.3 Å². The standard InChI is InChI=1S/C15H13FN2O3/c16-15-10(4-3-6-13(15)18(19)20)8-17-12-9-21-14-7-2-1-5-11(12)14/h1-7,12,17H,8-9H2. The van der Waals surface area contributed by atoms with Gasteiger partial charge < -0.3 is 10.1 Å². The Labute approximate surface area is 120 Å². The summed E-state index contributed by atoms with van der Waals surface area (Å²) in [6.07, 6.45) is 0. The van der Waals surface area contributed by atoms with Crippen LogP contribution in [0.5, 0.6) is 5.75 Å². The number of nitrogens with zero attached hydrogens (tertiary/aromatic N) is 1. The number of halogens is 1. The molecule has 1 heterocycles. The molecule has 0 saturated carbocycles. The lowest BCUT2D eigenvalue weighted by Gasteiger charge is -2.12. The molecule has 1 aliphatic heterocycles. The molecule has 0 spiro atoms. The Morgan fingerprint density at radius 3 is 2.90 bits per heavy atom. The second-order valence-corrected chi connectivity index (χ2v) is 4.79. The minimum absolute atomic E-state index is 0.0418. The fraction of sp³-hybridized carbons (Fsp3) is 0.200. The van der Waals surface area contributed by atoms with Gasteiger partial charge in [-0.05, 0) is 6.07 Å². The van der Waals surface area contributed by atoms with E-state index < -0.39 is 16.4 Å². The van der Waals surface area contributed by atoms with Crippen LogP contribution in [0, 0.1) is 15.9 Å². The van der Waals surface area contributed by atoms with Crippen molar-refractivity contribution >= 4 is 5.69 Å². The normalized spacial score (nSPS) is 16.3. The van der Waals surface area contributed by atoms with Gasteiger partial charge in [0, 0.05) is 23.7 Å². The Hall–Kier alpha value is -2.47. The van der Waals surface area contributed by atoms with Crippen LogP contribution < -0.4 is 10.1 Å². The maximum atomic E-state index is 14.0. The minimum atomic E-state index is -0.790. The molecule has 2 aromatic rings. The number of benzene rings is 2. The minimum Gasteiger partial charge on any atom is -0.491 e. The van der Waals surface area contributed by atoms with Gasteiger partial charge in [-0.1, -0.05) is 30.3 Å². The molecular weight excluding hydrogens is 275 g/mol. The van der Waals surface area contributed by atoms with Gasteiger partial charge in [-0.3, -0.25) is 10.1 Å². The highest BCUT2D eigenvalue weighted by Gasteiger charge is 2.24.